The van der Waals surface area contributed by atoms with Gasteiger partial charge in [0, 0.05) is 37.2 Å². The SMILES string of the molecule is CCOC1CC(NC2CCN(S(C)(=O)=O)CC2)C12CCC2. The zero-order valence-electron chi connectivity index (χ0n) is 13.2. The third-order valence-electron chi connectivity index (χ3n) is 5.80. The van der Waals surface area contributed by atoms with Gasteiger partial charge in [-0.1, -0.05) is 6.42 Å². The molecule has 3 aliphatic rings. The van der Waals surface area contributed by atoms with Crippen molar-refractivity contribution in [3.05, 3.63) is 0 Å². The number of nitrogens with one attached hydrogen (secondary N) is 1. The summed E-state index contributed by atoms with van der Waals surface area (Å²) < 4.78 is 30.6. The Morgan fingerprint density at radius 1 is 1.29 bits per heavy atom. The van der Waals surface area contributed by atoms with Gasteiger partial charge in [-0.15, -0.1) is 0 Å². The molecule has 1 heterocycles. The van der Waals surface area contributed by atoms with Crippen molar-refractivity contribution >= 4 is 10.0 Å². The van der Waals surface area contributed by atoms with E-state index in [4.69, 9.17) is 4.74 Å². The second-order valence-corrected chi connectivity index (χ2v) is 8.90. The third-order valence-corrected chi connectivity index (χ3v) is 7.10. The molecule has 1 N–H and O–H groups in total. The highest BCUT2D eigenvalue weighted by Gasteiger charge is 2.59. The first-order valence-electron chi connectivity index (χ1n) is 8.28. The molecule has 122 valence electrons. The highest BCUT2D eigenvalue weighted by Crippen LogP contribution is 2.57. The fourth-order valence-corrected chi connectivity index (χ4v) is 5.18. The molecule has 0 amide bonds. The molecule has 21 heavy (non-hydrogen) atoms. The number of piperidine rings is 1. The van der Waals surface area contributed by atoms with Crippen LogP contribution in [0.4, 0.5) is 0 Å². The van der Waals surface area contributed by atoms with Crippen molar-refractivity contribution in [2.45, 2.75) is 63.6 Å². The number of ether oxygens (including phenoxy) is 1. The number of hydrogen-bond donors (Lipinski definition) is 1. The van der Waals surface area contributed by atoms with Crippen LogP contribution in [0.5, 0.6) is 0 Å². The Bertz CT molecular complexity index is 467. The number of nitrogens with zero attached hydrogens (tertiary/aromatic N) is 1. The van der Waals surface area contributed by atoms with E-state index < -0.39 is 10.0 Å². The second kappa shape index (κ2) is 5.80. The van der Waals surface area contributed by atoms with E-state index in [1.807, 2.05) is 0 Å². The fraction of sp³-hybridized carbons (Fsp3) is 1.00. The van der Waals surface area contributed by atoms with E-state index in [2.05, 4.69) is 12.2 Å². The van der Waals surface area contributed by atoms with Crippen LogP contribution >= 0.6 is 0 Å². The van der Waals surface area contributed by atoms with E-state index in [0.29, 0.717) is 36.7 Å². The van der Waals surface area contributed by atoms with Gasteiger partial charge < -0.3 is 10.1 Å². The van der Waals surface area contributed by atoms with Crippen LogP contribution in [-0.4, -0.2) is 56.9 Å². The van der Waals surface area contributed by atoms with E-state index in [1.165, 1.54) is 25.5 Å². The number of hydrogen-bond acceptors (Lipinski definition) is 4. The van der Waals surface area contributed by atoms with Crippen molar-refractivity contribution in [3.8, 4) is 0 Å². The van der Waals surface area contributed by atoms with Crippen molar-refractivity contribution < 1.29 is 13.2 Å². The average molecular weight is 316 g/mol. The summed E-state index contributed by atoms with van der Waals surface area (Å²) in [6, 6.07) is 1.05. The predicted molar refractivity (Wildman–Crippen MR) is 82.7 cm³/mol. The Hall–Kier alpha value is -0.170. The lowest BCUT2D eigenvalue weighted by atomic mass is 9.51. The van der Waals surface area contributed by atoms with Crippen molar-refractivity contribution in [1.29, 1.82) is 0 Å². The minimum absolute atomic E-state index is 0.393. The van der Waals surface area contributed by atoms with Crippen LogP contribution in [0.2, 0.25) is 0 Å². The lowest BCUT2D eigenvalue weighted by Gasteiger charge is -2.62. The quantitative estimate of drug-likeness (QED) is 0.832. The molecule has 2 aliphatic carbocycles. The summed E-state index contributed by atoms with van der Waals surface area (Å²) >= 11 is 0. The van der Waals surface area contributed by atoms with Gasteiger partial charge in [-0.25, -0.2) is 12.7 Å². The molecule has 6 heteroatoms. The molecule has 0 radical (unpaired) electrons. The van der Waals surface area contributed by atoms with E-state index in [-0.39, 0.29) is 0 Å². The average Bonchev–Trinajstić information content (AvgIpc) is 2.35. The van der Waals surface area contributed by atoms with Gasteiger partial charge in [0.05, 0.1) is 12.4 Å². The van der Waals surface area contributed by atoms with Gasteiger partial charge in [0.1, 0.15) is 0 Å². The van der Waals surface area contributed by atoms with Gasteiger partial charge in [0.25, 0.3) is 0 Å². The van der Waals surface area contributed by atoms with Gasteiger partial charge in [-0.2, -0.15) is 0 Å². The molecule has 0 aromatic heterocycles. The van der Waals surface area contributed by atoms with Crippen molar-refractivity contribution in [2.24, 2.45) is 5.41 Å². The van der Waals surface area contributed by atoms with Crippen molar-refractivity contribution in [2.75, 3.05) is 26.0 Å². The molecule has 2 saturated carbocycles. The summed E-state index contributed by atoms with van der Waals surface area (Å²) in [6.45, 7) is 4.20. The van der Waals surface area contributed by atoms with Gasteiger partial charge in [0.15, 0.2) is 0 Å². The molecule has 5 nitrogen and oxygen atoms in total. The molecule has 0 bridgehead atoms. The highest BCUT2D eigenvalue weighted by molar-refractivity contribution is 7.88. The largest absolute Gasteiger partial charge is 0.378 e. The van der Waals surface area contributed by atoms with E-state index in [9.17, 15) is 8.42 Å². The Morgan fingerprint density at radius 3 is 2.43 bits per heavy atom. The summed E-state index contributed by atoms with van der Waals surface area (Å²) in [4.78, 5) is 0. The summed E-state index contributed by atoms with van der Waals surface area (Å²) in [6.07, 6.45) is 8.65. The van der Waals surface area contributed by atoms with Crippen LogP contribution in [0.3, 0.4) is 0 Å². The van der Waals surface area contributed by atoms with Gasteiger partial charge >= 0.3 is 0 Å². The Labute approximate surface area is 128 Å². The lowest BCUT2D eigenvalue weighted by molar-refractivity contribution is -0.175. The molecule has 3 rings (SSSR count). The van der Waals surface area contributed by atoms with E-state index in [1.54, 1.807) is 4.31 Å². The zero-order valence-corrected chi connectivity index (χ0v) is 14.0. The molecule has 2 atom stereocenters. The topological polar surface area (TPSA) is 58.6 Å². The maximum Gasteiger partial charge on any atom is 0.211 e. The third kappa shape index (κ3) is 2.87. The zero-order chi connectivity index (χ0) is 15.1. The van der Waals surface area contributed by atoms with Crippen LogP contribution in [-0.2, 0) is 14.8 Å². The minimum atomic E-state index is -3.02. The molecular formula is C15H28N2O3S. The first kappa shape index (κ1) is 15.7. The molecule has 2 unspecified atom stereocenters. The highest BCUT2D eigenvalue weighted by atomic mass is 32.2. The van der Waals surface area contributed by atoms with E-state index >= 15 is 0 Å². The second-order valence-electron chi connectivity index (χ2n) is 6.92. The maximum atomic E-state index is 11.5. The monoisotopic (exact) mass is 316 g/mol. The number of rotatable bonds is 5. The van der Waals surface area contributed by atoms with Crippen LogP contribution in [0.15, 0.2) is 0 Å². The summed E-state index contributed by atoms with van der Waals surface area (Å²) in [5, 5.41) is 3.81. The van der Waals surface area contributed by atoms with Crippen molar-refractivity contribution in [1.82, 2.24) is 9.62 Å². The van der Waals surface area contributed by atoms with Gasteiger partial charge in [-0.3, -0.25) is 0 Å². The molecule has 1 aliphatic heterocycles. The van der Waals surface area contributed by atoms with Gasteiger partial charge in [0.2, 0.25) is 10.0 Å². The first-order chi connectivity index (χ1) is 9.95. The van der Waals surface area contributed by atoms with Crippen LogP contribution < -0.4 is 5.32 Å². The first-order valence-corrected chi connectivity index (χ1v) is 10.1. The van der Waals surface area contributed by atoms with Gasteiger partial charge in [-0.05, 0) is 39.0 Å². The smallest absolute Gasteiger partial charge is 0.211 e. The Balaban J connectivity index is 1.50. The summed E-state index contributed by atoms with van der Waals surface area (Å²) in [7, 11) is -3.02. The standard InChI is InChI=1S/C15H28N2O3S/c1-3-20-14-11-13(15(14)7-4-8-15)16-12-5-9-17(10-6-12)21(2,18)19/h12-14,16H,3-11H2,1-2H3. The van der Waals surface area contributed by atoms with Crippen LogP contribution in [0, 0.1) is 5.41 Å². The fourth-order valence-electron chi connectivity index (χ4n) is 4.31. The molecule has 0 aromatic rings. The Kier molecular flexibility index (Phi) is 4.34. The maximum absolute atomic E-state index is 11.5. The number of sulfonamides is 1. The molecule has 1 saturated heterocycles. The molecule has 1 spiro atoms. The summed E-state index contributed by atoms with van der Waals surface area (Å²) in [5.41, 5.74) is 0.393. The van der Waals surface area contributed by atoms with Crippen LogP contribution in [0.25, 0.3) is 0 Å². The molecule has 3 fully saturated rings. The minimum Gasteiger partial charge on any atom is -0.378 e. The molecular weight excluding hydrogens is 288 g/mol. The van der Waals surface area contributed by atoms with E-state index in [0.717, 1.165) is 25.9 Å². The van der Waals surface area contributed by atoms with Crippen LogP contribution in [0.1, 0.15) is 45.4 Å². The Morgan fingerprint density at radius 2 is 1.95 bits per heavy atom. The molecule has 0 aromatic carbocycles. The lowest BCUT2D eigenvalue weighted by Crippen LogP contribution is -2.68. The normalized spacial score (nSPS) is 33.6. The summed E-state index contributed by atoms with van der Waals surface area (Å²) in [5.74, 6) is 0. The predicted octanol–water partition coefficient (Wildman–Crippen LogP) is 1.35. The van der Waals surface area contributed by atoms with Crippen molar-refractivity contribution in [3.63, 3.8) is 0 Å².